The quantitative estimate of drug-likeness (QED) is 0.781. The van der Waals surface area contributed by atoms with Crippen molar-refractivity contribution in [3.8, 4) is 11.5 Å². The molecule has 1 amide bonds. The predicted molar refractivity (Wildman–Crippen MR) is 92.9 cm³/mol. The minimum absolute atomic E-state index is 0.111. The molecule has 0 spiro atoms. The third-order valence-electron chi connectivity index (χ3n) is 3.68. The minimum Gasteiger partial charge on any atom is -0.497 e. The Kier molecular flexibility index (Phi) is 6.39. The number of ether oxygens (including phenoxy) is 3. The van der Waals surface area contributed by atoms with Crippen LogP contribution in [0.4, 0.5) is 0 Å². The van der Waals surface area contributed by atoms with E-state index in [-0.39, 0.29) is 12.3 Å². The first kappa shape index (κ1) is 18.3. The van der Waals surface area contributed by atoms with Crippen LogP contribution in [0.1, 0.15) is 21.5 Å². The van der Waals surface area contributed by atoms with E-state index < -0.39 is 5.97 Å². The molecule has 2 aromatic rings. The van der Waals surface area contributed by atoms with Gasteiger partial charge < -0.3 is 19.5 Å². The van der Waals surface area contributed by atoms with Gasteiger partial charge >= 0.3 is 5.97 Å². The van der Waals surface area contributed by atoms with Gasteiger partial charge in [-0.25, -0.2) is 4.79 Å². The fourth-order valence-corrected chi connectivity index (χ4v) is 2.33. The number of benzene rings is 2. The third kappa shape index (κ3) is 4.97. The van der Waals surface area contributed by atoms with Crippen molar-refractivity contribution >= 4 is 11.9 Å². The summed E-state index contributed by atoms with van der Waals surface area (Å²) in [5.74, 6) is 0.585. The third-order valence-corrected chi connectivity index (χ3v) is 3.68. The Morgan fingerprint density at radius 2 is 1.60 bits per heavy atom. The standard InChI is InChI=1S/C19H21NO5/c1-23-15-7-4-13(5-8-15)11-18(21)20-12-14-6-9-17(24-2)16(10-14)19(22)25-3/h4-10H,11-12H2,1-3H3,(H,20,21). The smallest absolute Gasteiger partial charge is 0.341 e. The molecule has 0 radical (unpaired) electrons. The predicted octanol–water partition coefficient (Wildman–Crippen LogP) is 2.35. The normalized spacial score (nSPS) is 10.0. The molecule has 0 aliphatic heterocycles. The SMILES string of the molecule is COC(=O)c1cc(CNC(=O)Cc2ccc(OC)cc2)ccc1OC. The van der Waals surface area contributed by atoms with E-state index in [2.05, 4.69) is 5.32 Å². The van der Waals surface area contributed by atoms with E-state index >= 15 is 0 Å². The lowest BCUT2D eigenvalue weighted by Gasteiger charge is -2.10. The second-order valence-electron chi connectivity index (χ2n) is 5.33. The largest absolute Gasteiger partial charge is 0.497 e. The van der Waals surface area contributed by atoms with Crippen molar-refractivity contribution in [3.63, 3.8) is 0 Å². The van der Waals surface area contributed by atoms with Crippen molar-refractivity contribution in [2.24, 2.45) is 0 Å². The summed E-state index contributed by atoms with van der Waals surface area (Å²) in [6.07, 6.45) is 0.268. The van der Waals surface area contributed by atoms with E-state index in [1.165, 1.54) is 14.2 Å². The van der Waals surface area contributed by atoms with Gasteiger partial charge in [-0.2, -0.15) is 0 Å². The maximum atomic E-state index is 12.1. The number of hydrogen-bond acceptors (Lipinski definition) is 5. The van der Waals surface area contributed by atoms with Gasteiger partial charge in [0.2, 0.25) is 5.91 Å². The van der Waals surface area contributed by atoms with Gasteiger partial charge in [-0.15, -0.1) is 0 Å². The number of esters is 1. The van der Waals surface area contributed by atoms with E-state index in [0.717, 1.165) is 16.9 Å². The monoisotopic (exact) mass is 343 g/mol. The van der Waals surface area contributed by atoms with E-state index in [1.807, 2.05) is 24.3 Å². The molecular formula is C19H21NO5. The highest BCUT2D eigenvalue weighted by molar-refractivity contribution is 5.92. The summed E-state index contributed by atoms with van der Waals surface area (Å²) < 4.78 is 15.0. The van der Waals surface area contributed by atoms with E-state index in [9.17, 15) is 9.59 Å². The lowest BCUT2D eigenvalue weighted by Crippen LogP contribution is -2.24. The molecule has 2 rings (SSSR count). The minimum atomic E-state index is -0.483. The van der Waals surface area contributed by atoms with Crippen LogP contribution in [0.3, 0.4) is 0 Å². The first-order valence-electron chi connectivity index (χ1n) is 7.72. The lowest BCUT2D eigenvalue weighted by molar-refractivity contribution is -0.120. The molecule has 0 saturated heterocycles. The first-order valence-corrected chi connectivity index (χ1v) is 7.72. The first-order chi connectivity index (χ1) is 12.1. The summed E-state index contributed by atoms with van der Waals surface area (Å²) in [7, 11) is 4.39. The summed E-state index contributed by atoms with van der Waals surface area (Å²) in [6, 6.07) is 12.4. The van der Waals surface area contributed by atoms with Crippen LogP contribution in [0.5, 0.6) is 11.5 Å². The van der Waals surface area contributed by atoms with Crippen molar-refractivity contribution in [1.29, 1.82) is 0 Å². The van der Waals surface area contributed by atoms with Crippen LogP contribution in [-0.4, -0.2) is 33.2 Å². The van der Waals surface area contributed by atoms with Crippen LogP contribution in [0.15, 0.2) is 42.5 Å². The molecule has 25 heavy (non-hydrogen) atoms. The molecule has 0 aliphatic carbocycles. The van der Waals surface area contributed by atoms with Crippen LogP contribution in [0.25, 0.3) is 0 Å². The van der Waals surface area contributed by atoms with Crippen LogP contribution in [0.2, 0.25) is 0 Å². The Labute approximate surface area is 146 Å². The molecule has 132 valence electrons. The van der Waals surface area contributed by atoms with Crippen molar-refractivity contribution in [3.05, 3.63) is 59.2 Å². The lowest BCUT2D eigenvalue weighted by atomic mass is 10.1. The number of amides is 1. The number of nitrogens with one attached hydrogen (secondary N) is 1. The molecular weight excluding hydrogens is 322 g/mol. The Bertz CT molecular complexity index is 740. The molecule has 0 heterocycles. The highest BCUT2D eigenvalue weighted by Crippen LogP contribution is 2.20. The number of methoxy groups -OCH3 is 3. The highest BCUT2D eigenvalue weighted by atomic mass is 16.5. The second kappa shape index (κ2) is 8.73. The number of hydrogen-bond donors (Lipinski definition) is 1. The van der Waals surface area contributed by atoms with Crippen molar-refractivity contribution < 1.29 is 23.8 Å². The second-order valence-corrected chi connectivity index (χ2v) is 5.33. The van der Waals surface area contributed by atoms with Crippen LogP contribution < -0.4 is 14.8 Å². The van der Waals surface area contributed by atoms with Crippen LogP contribution in [-0.2, 0) is 22.5 Å². The molecule has 6 nitrogen and oxygen atoms in total. The van der Waals surface area contributed by atoms with Gasteiger partial charge in [0.15, 0.2) is 0 Å². The average molecular weight is 343 g/mol. The molecule has 6 heteroatoms. The van der Waals surface area contributed by atoms with Gasteiger partial charge in [-0.3, -0.25) is 4.79 Å². The molecule has 1 N–H and O–H groups in total. The summed E-state index contributed by atoms with van der Waals surface area (Å²) in [4.78, 5) is 23.9. The molecule has 0 aromatic heterocycles. The maximum Gasteiger partial charge on any atom is 0.341 e. The molecule has 0 aliphatic rings. The van der Waals surface area contributed by atoms with Gasteiger partial charge in [0.05, 0.1) is 27.8 Å². The van der Waals surface area contributed by atoms with Gasteiger partial charge in [-0.1, -0.05) is 18.2 Å². The fourth-order valence-electron chi connectivity index (χ4n) is 2.33. The molecule has 0 saturated carbocycles. The molecule has 0 bridgehead atoms. The van der Waals surface area contributed by atoms with E-state index in [4.69, 9.17) is 14.2 Å². The molecule has 0 fully saturated rings. The molecule has 0 unspecified atom stereocenters. The van der Waals surface area contributed by atoms with Gasteiger partial charge in [-0.05, 0) is 35.4 Å². The van der Waals surface area contributed by atoms with Gasteiger partial charge in [0.1, 0.15) is 17.1 Å². The van der Waals surface area contributed by atoms with Crippen molar-refractivity contribution in [2.75, 3.05) is 21.3 Å². The molecule has 2 aromatic carbocycles. The van der Waals surface area contributed by atoms with Gasteiger partial charge in [0.25, 0.3) is 0 Å². The Morgan fingerprint density at radius 3 is 2.20 bits per heavy atom. The number of rotatable bonds is 7. The van der Waals surface area contributed by atoms with Crippen molar-refractivity contribution in [2.45, 2.75) is 13.0 Å². The van der Waals surface area contributed by atoms with E-state index in [0.29, 0.717) is 17.9 Å². The zero-order chi connectivity index (χ0) is 18.2. The fraction of sp³-hybridized carbons (Fsp3) is 0.263. The zero-order valence-corrected chi connectivity index (χ0v) is 14.5. The Morgan fingerprint density at radius 1 is 0.920 bits per heavy atom. The summed E-state index contributed by atoms with van der Waals surface area (Å²) in [5.41, 5.74) is 2.00. The average Bonchev–Trinajstić information content (AvgIpc) is 2.66. The Balaban J connectivity index is 1.97. The molecule has 0 atom stereocenters. The van der Waals surface area contributed by atoms with E-state index in [1.54, 1.807) is 25.3 Å². The summed E-state index contributed by atoms with van der Waals surface area (Å²) in [5, 5.41) is 2.83. The number of carbonyl (C=O) groups excluding carboxylic acids is 2. The van der Waals surface area contributed by atoms with Crippen LogP contribution in [0, 0.1) is 0 Å². The highest BCUT2D eigenvalue weighted by Gasteiger charge is 2.13. The maximum absolute atomic E-state index is 12.1. The van der Waals surface area contributed by atoms with Gasteiger partial charge in [0, 0.05) is 6.54 Å². The topological polar surface area (TPSA) is 73.9 Å². The Hall–Kier alpha value is -3.02. The summed E-state index contributed by atoms with van der Waals surface area (Å²) in [6.45, 7) is 0.309. The van der Waals surface area contributed by atoms with Crippen LogP contribution >= 0.6 is 0 Å². The zero-order valence-electron chi connectivity index (χ0n) is 14.5. The number of carbonyl (C=O) groups is 2. The summed E-state index contributed by atoms with van der Waals surface area (Å²) >= 11 is 0. The van der Waals surface area contributed by atoms with Crippen molar-refractivity contribution in [1.82, 2.24) is 5.32 Å².